The van der Waals surface area contributed by atoms with Crippen molar-refractivity contribution in [2.24, 2.45) is 5.92 Å². The van der Waals surface area contributed by atoms with Crippen LogP contribution >= 0.6 is 0 Å². The molecule has 0 rings (SSSR count). The first-order valence-corrected chi connectivity index (χ1v) is 6.44. The minimum absolute atomic E-state index is 0.0394. The minimum Gasteiger partial charge on any atom is -0.479 e. The van der Waals surface area contributed by atoms with Gasteiger partial charge in [0.05, 0.1) is 0 Å². The maximum atomic E-state index is 10.8. The molecule has 0 aliphatic rings. The van der Waals surface area contributed by atoms with Crippen LogP contribution in [0.5, 0.6) is 0 Å². The van der Waals surface area contributed by atoms with Gasteiger partial charge in [-0.05, 0) is 12.3 Å². The van der Waals surface area contributed by atoms with E-state index in [1.807, 2.05) is 13.8 Å². The zero-order valence-corrected chi connectivity index (χ0v) is 10.9. The third kappa shape index (κ3) is 7.69. The molecular formula is C13H26O3. The quantitative estimate of drug-likeness (QED) is 0.584. The van der Waals surface area contributed by atoms with Crippen LogP contribution in [0.3, 0.4) is 0 Å². The average Bonchev–Trinajstić information content (AvgIpc) is 2.21. The summed E-state index contributed by atoms with van der Waals surface area (Å²) in [6.07, 6.45) is 6.54. The normalized spacial score (nSPS) is 13.0. The Hall–Kier alpha value is -0.570. The molecule has 0 spiro atoms. The van der Waals surface area contributed by atoms with Crippen LogP contribution in [0.2, 0.25) is 0 Å². The summed E-state index contributed by atoms with van der Waals surface area (Å²) in [4.78, 5) is 10.8. The van der Waals surface area contributed by atoms with Crippen LogP contribution in [0, 0.1) is 5.92 Å². The molecule has 1 atom stereocenters. The van der Waals surface area contributed by atoms with Crippen molar-refractivity contribution in [3.8, 4) is 0 Å². The Morgan fingerprint density at radius 2 is 1.69 bits per heavy atom. The van der Waals surface area contributed by atoms with E-state index in [1.54, 1.807) is 0 Å². The maximum absolute atomic E-state index is 10.8. The first-order chi connectivity index (χ1) is 7.59. The van der Waals surface area contributed by atoms with Gasteiger partial charge in [-0.2, -0.15) is 0 Å². The van der Waals surface area contributed by atoms with Crippen LogP contribution in [0.1, 0.15) is 59.3 Å². The molecule has 0 saturated heterocycles. The number of carboxylic acid groups (broad SMARTS) is 1. The van der Waals surface area contributed by atoms with Gasteiger partial charge in [-0.3, -0.25) is 0 Å². The van der Waals surface area contributed by atoms with Crippen LogP contribution in [0.25, 0.3) is 0 Å². The van der Waals surface area contributed by atoms with Crippen LogP contribution in [0.15, 0.2) is 0 Å². The van der Waals surface area contributed by atoms with E-state index in [9.17, 15) is 4.79 Å². The number of rotatable bonds is 10. The molecule has 0 aliphatic heterocycles. The number of hydrogen-bond donors (Lipinski definition) is 1. The molecule has 1 N–H and O–H groups in total. The molecule has 0 amide bonds. The number of unbranched alkanes of at least 4 members (excludes halogenated alkanes) is 5. The first kappa shape index (κ1) is 15.4. The SMILES string of the molecule is CCCCCCCCOC(C(=O)O)C(C)C. The zero-order chi connectivity index (χ0) is 12.4. The predicted octanol–water partition coefficient (Wildman–Crippen LogP) is 3.47. The van der Waals surface area contributed by atoms with Crippen molar-refractivity contribution in [1.82, 2.24) is 0 Å². The molecule has 0 heterocycles. The Kier molecular flexibility index (Phi) is 9.30. The minimum atomic E-state index is -0.846. The molecule has 3 heteroatoms. The van der Waals surface area contributed by atoms with Gasteiger partial charge in [-0.25, -0.2) is 4.79 Å². The van der Waals surface area contributed by atoms with Gasteiger partial charge in [-0.15, -0.1) is 0 Å². The van der Waals surface area contributed by atoms with Gasteiger partial charge >= 0.3 is 5.97 Å². The first-order valence-electron chi connectivity index (χ1n) is 6.44. The van der Waals surface area contributed by atoms with Crippen LogP contribution in [-0.2, 0) is 9.53 Å². The predicted molar refractivity (Wildman–Crippen MR) is 65.6 cm³/mol. The highest BCUT2D eigenvalue weighted by atomic mass is 16.5. The van der Waals surface area contributed by atoms with Gasteiger partial charge < -0.3 is 9.84 Å². The fraction of sp³-hybridized carbons (Fsp3) is 0.923. The number of carboxylic acids is 1. The van der Waals surface area contributed by atoms with Crippen molar-refractivity contribution in [3.05, 3.63) is 0 Å². The van der Waals surface area contributed by atoms with Crippen LogP contribution in [-0.4, -0.2) is 23.8 Å². The lowest BCUT2D eigenvalue weighted by Gasteiger charge is -2.16. The van der Waals surface area contributed by atoms with Crippen LogP contribution in [0.4, 0.5) is 0 Å². The zero-order valence-electron chi connectivity index (χ0n) is 10.9. The van der Waals surface area contributed by atoms with E-state index < -0.39 is 12.1 Å². The lowest BCUT2D eigenvalue weighted by atomic mass is 10.1. The van der Waals surface area contributed by atoms with Crippen molar-refractivity contribution in [2.45, 2.75) is 65.4 Å². The second-order valence-corrected chi connectivity index (χ2v) is 4.64. The Bertz CT molecular complexity index is 178. The Morgan fingerprint density at radius 3 is 2.19 bits per heavy atom. The third-order valence-corrected chi connectivity index (χ3v) is 2.64. The smallest absolute Gasteiger partial charge is 0.333 e. The largest absolute Gasteiger partial charge is 0.479 e. The van der Waals surface area contributed by atoms with E-state index in [-0.39, 0.29) is 5.92 Å². The summed E-state index contributed by atoms with van der Waals surface area (Å²) in [5, 5.41) is 8.89. The molecule has 0 fully saturated rings. The number of carbonyl (C=O) groups is 1. The van der Waals surface area contributed by atoms with Gasteiger partial charge in [0.2, 0.25) is 0 Å². The summed E-state index contributed by atoms with van der Waals surface area (Å²) in [6, 6.07) is 0. The highest BCUT2D eigenvalue weighted by molar-refractivity contribution is 5.72. The third-order valence-electron chi connectivity index (χ3n) is 2.64. The maximum Gasteiger partial charge on any atom is 0.333 e. The highest BCUT2D eigenvalue weighted by Crippen LogP contribution is 2.09. The van der Waals surface area contributed by atoms with Crippen molar-refractivity contribution in [2.75, 3.05) is 6.61 Å². The molecule has 1 unspecified atom stereocenters. The standard InChI is InChI=1S/C13H26O3/c1-4-5-6-7-8-9-10-16-12(11(2)3)13(14)15/h11-12H,4-10H2,1-3H3,(H,14,15). The molecule has 16 heavy (non-hydrogen) atoms. The fourth-order valence-corrected chi connectivity index (χ4v) is 1.64. The molecule has 0 saturated carbocycles. The van der Waals surface area contributed by atoms with Gasteiger partial charge in [0, 0.05) is 6.61 Å². The second-order valence-electron chi connectivity index (χ2n) is 4.64. The van der Waals surface area contributed by atoms with Gasteiger partial charge in [0.25, 0.3) is 0 Å². The van der Waals surface area contributed by atoms with E-state index in [1.165, 1.54) is 25.7 Å². The van der Waals surface area contributed by atoms with E-state index >= 15 is 0 Å². The molecule has 3 nitrogen and oxygen atoms in total. The van der Waals surface area contributed by atoms with Crippen molar-refractivity contribution in [3.63, 3.8) is 0 Å². The molecule has 0 radical (unpaired) electrons. The van der Waals surface area contributed by atoms with E-state index in [2.05, 4.69) is 6.92 Å². The molecule has 0 aromatic rings. The summed E-state index contributed by atoms with van der Waals surface area (Å²) in [6.45, 7) is 6.52. The molecular weight excluding hydrogens is 204 g/mol. The van der Waals surface area contributed by atoms with Gasteiger partial charge in [-0.1, -0.05) is 52.9 Å². The Morgan fingerprint density at radius 1 is 1.12 bits per heavy atom. The number of hydrogen-bond acceptors (Lipinski definition) is 2. The van der Waals surface area contributed by atoms with Crippen molar-refractivity contribution in [1.29, 1.82) is 0 Å². The van der Waals surface area contributed by atoms with Gasteiger partial charge in [0.1, 0.15) is 0 Å². The second kappa shape index (κ2) is 9.64. The summed E-state index contributed by atoms with van der Waals surface area (Å²) in [5.41, 5.74) is 0. The molecule has 0 aromatic carbocycles. The Labute approximate surface area is 99.2 Å². The molecule has 0 aromatic heterocycles. The number of aliphatic carboxylic acids is 1. The van der Waals surface area contributed by atoms with Crippen molar-refractivity contribution >= 4 is 5.97 Å². The molecule has 96 valence electrons. The molecule has 0 bridgehead atoms. The van der Waals surface area contributed by atoms with Crippen LogP contribution < -0.4 is 0 Å². The molecule has 0 aliphatic carbocycles. The van der Waals surface area contributed by atoms with E-state index in [0.717, 1.165) is 12.8 Å². The summed E-state index contributed by atoms with van der Waals surface area (Å²) in [7, 11) is 0. The number of ether oxygens (including phenoxy) is 1. The Balaban J connectivity index is 3.45. The topological polar surface area (TPSA) is 46.5 Å². The van der Waals surface area contributed by atoms with Crippen molar-refractivity contribution < 1.29 is 14.6 Å². The van der Waals surface area contributed by atoms with Gasteiger partial charge in [0.15, 0.2) is 6.10 Å². The monoisotopic (exact) mass is 230 g/mol. The highest BCUT2D eigenvalue weighted by Gasteiger charge is 2.21. The summed E-state index contributed by atoms with van der Waals surface area (Å²) < 4.78 is 5.37. The van der Waals surface area contributed by atoms with E-state index in [4.69, 9.17) is 9.84 Å². The lowest BCUT2D eigenvalue weighted by molar-refractivity contribution is -0.153. The van der Waals surface area contributed by atoms with E-state index in [0.29, 0.717) is 6.61 Å². The average molecular weight is 230 g/mol. The fourth-order valence-electron chi connectivity index (χ4n) is 1.64. The summed E-state index contributed by atoms with van der Waals surface area (Å²) in [5.74, 6) is -0.807. The lowest BCUT2D eigenvalue weighted by Crippen LogP contribution is -2.29. The summed E-state index contributed by atoms with van der Waals surface area (Å²) >= 11 is 0.